The Morgan fingerprint density at radius 1 is 1.04 bits per heavy atom. The molecule has 0 fully saturated rings. The van der Waals surface area contributed by atoms with Gasteiger partial charge in [-0.2, -0.15) is 13.2 Å². The van der Waals surface area contributed by atoms with E-state index in [0.29, 0.717) is 11.6 Å². The third-order valence-electron chi connectivity index (χ3n) is 3.49. The Morgan fingerprint density at radius 3 is 2.32 bits per heavy atom. The van der Waals surface area contributed by atoms with Crippen molar-refractivity contribution < 1.29 is 32.3 Å². The average molecular weight is 391 g/mol. The van der Waals surface area contributed by atoms with Crippen LogP contribution in [0.1, 0.15) is 28.4 Å². The monoisotopic (exact) mass is 391 g/mol. The number of carbonyl (C=O) groups excluding carboxylic acids is 3. The van der Waals surface area contributed by atoms with Crippen LogP contribution in [-0.4, -0.2) is 24.3 Å². The molecule has 0 aliphatic rings. The molecule has 2 rings (SSSR count). The molecule has 2 aromatic rings. The summed E-state index contributed by atoms with van der Waals surface area (Å²) in [4.78, 5) is 35.6. The Labute approximate surface area is 158 Å². The van der Waals surface area contributed by atoms with Gasteiger partial charge in [0.25, 0.3) is 0 Å². The van der Waals surface area contributed by atoms with Gasteiger partial charge < -0.3 is 10.1 Å². The molecule has 28 heavy (non-hydrogen) atoms. The first-order valence-corrected chi connectivity index (χ1v) is 8.09. The summed E-state index contributed by atoms with van der Waals surface area (Å²) in [5, 5.41) is 2.31. The van der Waals surface area contributed by atoms with E-state index < -0.39 is 36.0 Å². The van der Waals surface area contributed by atoms with Gasteiger partial charge >= 0.3 is 12.1 Å². The van der Waals surface area contributed by atoms with Crippen LogP contribution in [0.4, 0.5) is 13.2 Å². The van der Waals surface area contributed by atoms with Crippen molar-refractivity contribution in [3.8, 4) is 0 Å². The van der Waals surface area contributed by atoms with Crippen molar-refractivity contribution in [3.05, 3.63) is 77.0 Å². The van der Waals surface area contributed by atoms with Gasteiger partial charge in [0.15, 0.2) is 12.4 Å². The van der Waals surface area contributed by atoms with Crippen molar-refractivity contribution in [1.29, 1.82) is 0 Å². The zero-order chi connectivity index (χ0) is 20.7. The second-order valence-electron chi connectivity index (χ2n) is 5.73. The van der Waals surface area contributed by atoms with E-state index >= 15 is 0 Å². The van der Waals surface area contributed by atoms with Gasteiger partial charge in [0.1, 0.15) is 5.70 Å². The highest BCUT2D eigenvalue weighted by molar-refractivity contribution is 6.01. The van der Waals surface area contributed by atoms with Crippen LogP contribution in [0, 0.1) is 0 Å². The second-order valence-corrected chi connectivity index (χ2v) is 5.73. The quantitative estimate of drug-likeness (QED) is 0.464. The number of alkyl halides is 3. The molecule has 0 unspecified atom stereocenters. The Kier molecular flexibility index (Phi) is 6.70. The zero-order valence-electron chi connectivity index (χ0n) is 14.7. The third kappa shape index (κ3) is 6.08. The van der Waals surface area contributed by atoms with Gasteiger partial charge in [-0.15, -0.1) is 0 Å². The fourth-order valence-electron chi connectivity index (χ4n) is 2.21. The first-order chi connectivity index (χ1) is 13.2. The first-order valence-electron chi connectivity index (χ1n) is 8.09. The molecule has 0 radical (unpaired) electrons. The molecule has 0 atom stereocenters. The van der Waals surface area contributed by atoms with Crippen LogP contribution in [-0.2, 0) is 20.5 Å². The molecule has 8 heteroatoms. The molecule has 0 heterocycles. The number of benzene rings is 2. The van der Waals surface area contributed by atoms with Gasteiger partial charge in [-0.3, -0.25) is 9.59 Å². The number of rotatable bonds is 6. The van der Waals surface area contributed by atoms with Crippen molar-refractivity contribution in [2.75, 3.05) is 6.61 Å². The van der Waals surface area contributed by atoms with Crippen molar-refractivity contribution in [2.24, 2.45) is 0 Å². The number of amides is 1. The van der Waals surface area contributed by atoms with Gasteiger partial charge in [-0.05, 0) is 23.8 Å². The summed E-state index contributed by atoms with van der Waals surface area (Å²) in [6.07, 6.45) is -3.23. The van der Waals surface area contributed by atoms with E-state index in [-0.39, 0.29) is 11.3 Å². The van der Waals surface area contributed by atoms with Crippen LogP contribution >= 0.6 is 0 Å². The molecular formula is C20H16F3NO4. The van der Waals surface area contributed by atoms with E-state index in [0.717, 1.165) is 12.1 Å². The fourth-order valence-corrected chi connectivity index (χ4v) is 2.21. The highest BCUT2D eigenvalue weighted by atomic mass is 19.4. The van der Waals surface area contributed by atoms with Crippen LogP contribution in [0.15, 0.2) is 60.3 Å². The van der Waals surface area contributed by atoms with Crippen molar-refractivity contribution in [1.82, 2.24) is 5.32 Å². The molecule has 2 aromatic carbocycles. The number of carbonyl (C=O) groups is 3. The van der Waals surface area contributed by atoms with E-state index in [1.54, 1.807) is 30.3 Å². The minimum atomic E-state index is -4.59. The second kappa shape index (κ2) is 8.98. The van der Waals surface area contributed by atoms with Crippen molar-refractivity contribution in [2.45, 2.75) is 13.1 Å². The molecule has 0 saturated heterocycles. The van der Waals surface area contributed by atoms with Crippen LogP contribution in [0.3, 0.4) is 0 Å². The lowest BCUT2D eigenvalue weighted by atomic mass is 10.1. The lowest BCUT2D eigenvalue weighted by Gasteiger charge is -2.10. The number of ether oxygens (including phenoxy) is 1. The Bertz CT molecular complexity index is 905. The molecule has 0 aromatic heterocycles. The van der Waals surface area contributed by atoms with Crippen LogP contribution < -0.4 is 5.32 Å². The number of ketones is 1. The summed E-state index contributed by atoms with van der Waals surface area (Å²) in [5.41, 5.74) is -0.814. The lowest BCUT2D eigenvalue weighted by Crippen LogP contribution is -2.27. The van der Waals surface area contributed by atoms with E-state index in [9.17, 15) is 27.6 Å². The molecule has 1 amide bonds. The van der Waals surface area contributed by atoms with Gasteiger partial charge in [0.05, 0.1) is 5.56 Å². The number of halogens is 3. The first kappa shape index (κ1) is 20.9. The lowest BCUT2D eigenvalue weighted by molar-refractivity contribution is -0.139. The maximum Gasteiger partial charge on any atom is 0.416 e. The number of Topliss-reactive ketones (excluding diaryl/α,β-unsaturated/α-hetero) is 1. The summed E-state index contributed by atoms with van der Waals surface area (Å²) in [6.45, 7) is 0.422. The fraction of sp³-hybridized carbons (Fsp3) is 0.150. The average Bonchev–Trinajstić information content (AvgIpc) is 2.65. The molecule has 0 spiro atoms. The molecule has 1 N–H and O–H groups in total. The number of hydrogen-bond donors (Lipinski definition) is 1. The minimum absolute atomic E-state index is 0.199. The Hall–Kier alpha value is -3.42. The standard InChI is InChI=1S/C20H16F3NO4/c1-13(25)24-17(10-14-6-3-2-4-7-14)19(27)28-12-18(26)15-8-5-9-16(11-15)20(21,22)23/h2-11H,12H2,1H3,(H,24,25)/b17-10-. The highest BCUT2D eigenvalue weighted by Crippen LogP contribution is 2.29. The van der Waals surface area contributed by atoms with Crippen molar-refractivity contribution in [3.63, 3.8) is 0 Å². The topological polar surface area (TPSA) is 72.5 Å². The van der Waals surface area contributed by atoms with Crippen molar-refractivity contribution >= 4 is 23.7 Å². The normalized spacial score (nSPS) is 11.6. The van der Waals surface area contributed by atoms with E-state index in [2.05, 4.69) is 5.32 Å². The molecule has 5 nitrogen and oxygen atoms in total. The molecule has 0 bridgehead atoms. The summed E-state index contributed by atoms with van der Waals surface area (Å²) in [6, 6.07) is 12.4. The third-order valence-corrected chi connectivity index (χ3v) is 3.49. The maximum absolute atomic E-state index is 12.7. The maximum atomic E-state index is 12.7. The summed E-state index contributed by atoms with van der Waals surface area (Å²) < 4.78 is 43.1. The molecule has 146 valence electrons. The van der Waals surface area contributed by atoms with Gasteiger partial charge in [-0.25, -0.2) is 4.79 Å². The van der Waals surface area contributed by atoms with Crippen LogP contribution in [0.2, 0.25) is 0 Å². The summed E-state index contributed by atoms with van der Waals surface area (Å²) in [5.74, 6) is -2.32. The van der Waals surface area contributed by atoms with Gasteiger partial charge in [0.2, 0.25) is 5.91 Å². The molecule has 0 saturated carbocycles. The minimum Gasteiger partial charge on any atom is -0.453 e. The van der Waals surface area contributed by atoms with Gasteiger partial charge in [0, 0.05) is 12.5 Å². The van der Waals surface area contributed by atoms with Crippen LogP contribution in [0.25, 0.3) is 6.08 Å². The summed E-state index contributed by atoms with van der Waals surface area (Å²) >= 11 is 0. The zero-order valence-corrected chi connectivity index (χ0v) is 14.7. The SMILES string of the molecule is CC(=O)N/C(=C\c1ccccc1)C(=O)OCC(=O)c1cccc(C(F)(F)F)c1. The van der Waals surface area contributed by atoms with E-state index in [4.69, 9.17) is 4.74 Å². The molecule has 0 aliphatic carbocycles. The highest BCUT2D eigenvalue weighted by Gasteiger charge is 2.31. The van der Waals surface area contributed by atoms with Crippen LogP contribution in [0.5, 0.6) is 0 Å². The van der Waals surface area contributed by atoms with E-state index in [1.165, 1.54) is 19.1 Å². The largest absolute Gasteiger partial charge is 0.453 e. The summed E-state index contributed by atoms with van der Waals surface area (Å²) in [7, 11) is 0. The predicted octanol–water partition coefficient (Wildman–Crippen LogP) is 3.61. The van der Waals surface area contributed by atoms with E-state index in [1.807, 2.05) is 0 Å². The number of nitrogens with one attached hydrogen (secondary N) is 1. The predicted molar refractivity (Wildman–Crippen MR) is 95.0 cm³/mol. The van der Waals surface area contributed by atoms with Gasteiger partial charge in [-0.1, -0.05) is 42.5 Å². The smallest absolute Gasteiger partial charge is 0.416 e. The number of esters is 1. The Morgan fingerprint density at radius 2 is 1.71 bits per heavy atom. The molecule has 0 aliphatic heterocycles. The number of hydrogen-bond acceptors (Lipinski definition) is 4. The molecular weight excluding hydrogens is 375 g/mol. The Balaban J connectivity index is 2.11.